The van der Waals surface area contributed by atoms with Gasteiger partial charge in [0.2, 0.25) is 0 Å². The van der Waals surface area contributed by atoms with Crippen molar-refractivity contribution in [1.82, 2.24) is 25.3 Å². The third-order valence-electron chi connectivity index (χ3n) is 4.11. The highest BCUT2D eigenvalue weighted by Crippen LogP contribution is 2.25. The second kappa shape index (κ2) is 7.41. The number of hydrogen-bond acceptors (Lipinski definition) is 4. The second-order valence-electron chi connectivity index (χ2n) is 5.88. The lowest BCUT2D eigenvalue weighted by atomic mass is 10.1. The summed E-state index contributed by atoms with van der Waals surface area (Å²) in [6.07, 6.45) is 3.02. The zero-order chi connectivity index (χ0) is 17.0. The summed E-state index contributed by atoms with van der Waals surface area (Å²) in [5.74, 6) is -0.172. The fraction of sp³-hybridized carbons (Fsp3) is 0.562. The van der Waals surface area contributed by atoms with Crippen molar-refractivity contribution in [2.45, 2.75) is 46.1 Å². The lowest BCUT2D eigenvalue weighted by molar-refractivity contribution is 0.0930. The first kappa shape index (κ1) is 17.2. The Balaban J connectivity index is 2.13. The van der Waals surface area contributed by atoms with Crippen molar-refractivity contribution in [3.63, 3.8) is 0 Å². The average Bonchev–Trinajstić information content (AvgIpc) is 3.09. The maximum Gasteiger partial charge on any atom is 0.269 e. The smallest absolute Gasteiger partial charge is 0.269 e. The summed E-state index contributed by atoms with van der Waals surface area (Å²) in [5.41, 5.74) is 9.78. The summed E-state index contributed by atoms with van der Waals surface area (Å²) >= 11 is 0. The summed E-state index contributed by atoms with van der Waals surface area (Å²) < 4.78 is 1.81. The Bertz CT molecular complexity index is 672. The molecule has 2 aromatic rings. The number of carbonyl (C=O) groups excluding carboxylic acids is 1. The van der Waals surface area contributed by atoms with Crippen molar-refractivity contribution in [1.29, 1.82) is 0 Å². The number of aromatic amines is 1. The minimum Gasteiger partial charge on any atom is -0.347 e. The van der Waals surface area contributed by atoms with Gasteiger partial charge in [-0.3, -0.25) is 14.6 Å². The number of rotatable bonds is 7. The van der Waals surface area contributed by atoms with E-state index in [9.17, 15) is 4.79 Å². The van der Waals surface area contributed by atoms with Crippen molar-refractivity contribution in [3.05, 3.63) is 23.1 Å². The lowest BCUT2D eigenvalue weighted by Gasteiger charge is -2.15. The van der Waals surface area contributed by atoms with Crippen LogP contribution in [-0.2, 0) is 7.05 Å². The fourth-order valence-electron chi connectivity index (χ4n) is 2.67. The van der Waals surface area contributed by atoms with Gasteiger partial charge >= 0.3 is 0 Å². The van der Waals surface area contributed by atoms with Gasteiger partial charge in [0.25, 0.3) is 5.91 Å². The summed E-state index contributed by atoms with van der Waals surface area (Å²) in [7, 11) is 1.89. The quantitative estimate of drug-likeness (QED) is 0.722. The van der Waals surface area contributed by atoms with Gasteiger partial charge < -0.3 is 11.1 Å². The van der Waals surface area contributed by atoms with E-state index >= 15 is 0 Å². The zero-order valence-corrected chi connectivity index (χ0v) is 14.3. The monoisotopic (exact) mass is 318 g/mol. The van der Waals surface area contributed by atoms with Crippen LogP contribution in [0.15, 0.2) is 6.07 Å². The minimum atomic E-state index is -0.172. The Labute approximate surface area is 136 Å². The second-order valence-corrected chi connectivity index (χ2v) is 5.88. The molecule has 4 N–H and O–H groups in total. The van der Waals surface area contributed by atoms with Crippen LogP contribution in [0.2, 0.25) is 0 Å². The zero-order valence-electron chi connectivity index (χ0n) is 14.3. The number of amides is 1. The molecule has 7 heteroatoms. The molecule has 1 atom stereocenters. The molecule has 2 aromatic heterocycles. The standard InChI is InChI=1S/C16H26N6O/c1-5-6-7-12(9-17)18-16(23)14-8-13(19-20-14)15-10(2)21-22(4)11(15)3/h8,12H,5-7,9,17H2,1-4H3,(H,18,23)(H,19,20). The van der Waals surface area contributed by atoms with Crippen molar-refractivity contribution in [2.24, 2.45) is 12.8 Å². The van der Waals surface area contributed by atoms with Crippen molar-refractivity contribution >= 4 is 5.91 Å². The number of carbonyl (C=O) groups is 1. The third kappa shape index (κ3) is 3.79. The molecule has 0 fully saturated rings. The van der Waals surface area contributed by atoms with Crippen LogP contribution in [0.1, 0.15) is 48.1 Å². The van der Waals surface area contributed by atoms with E-state index in [1.54, 1.807) is 6.07 Å². The molecule has 1 amide bonds. The minimum absolute atomic E-state index is 0.00364. The molecule has 2 rings (SSSR count). The van der Waals surface area contributed by atoms with Gasteiger partial charge in [0.05, 0.1) is 11.4 Å². The van der Waals surface area contributed by atoms with E-state index in [2.05, 4.69) is 27.5 Å². The van der Waals surface area contributed by atoms with Gasteiger partial charge in [-0.2, -0.15) is 10.2 Å². The molecule has 0 aliphatic heterocycles. The fourth-order valence-corrected chi connectivity index (χ4v) is 2.67. The first-order valence-electron chi connectivity index (χ1n) is 8.04. The molecule has 0 radical (unpaired) electrons. The number of hydrogen-bond donors (Lipinski definition) is 3. The van der Waals surface area contributed by atoms with E-state index in [-0.39, 0.29) is 11.9 Å². The van der Waals surface area contributed by atoms with Crippen molar-refractivity contribution in [3.8, 4) is 11.3 Å². The van der Waals surface area contributed by atoms with Gasteiger partial charge in [0.1, 0.15) is 5.69 Å². The lowest BCUT2D eigenvalue weighted by Crippen LogP contribution is -2.40. The molecule has 0 aliphatic rings. The maximum atomic E-state index is 12.3. The molecule has 0 saturated carbocycles. The molecule has 23 heavy (non-hydrogen) atoms. The van der Waals surface area contributed by atoms with Gasteiger partial charge in [-0.1, -0.05) is 19.8 Å². The van der Waals surface area contributed by atoms with E-state index in [4.69, 9.17) is 5.73 Å². The largest absolute Gasteiger partial charge is 0.347 e. The summed E-state index contributed by atoms with van der Waals surface area (Å²) in [5, 5.41) is 14.4. The van der Waals surface area contributed by atoms with E-state index in [0.717, 1.165) is 41.9 Å². The van der Waals surface area contributed by atoms with Crippen LogP contribution in [0.4, 0.5) is 0 Å². The Hall–Kier alpha value is -2.15. The predicted octanol–water partition coefficient (Wildman–Crippen LogP) is 1.67. The van der Waals surface area contributed by atoms with E-state index < -0.39 is 0 Å². The van der Waals surface area contributed by atoms with Crippen LogP contribution in [0.3, 0.4) is 0 Å². The molecule has 1 unspecified atom stereocenters. The normalized spacial score (nSPS) is 12.4. The first-order chi connectivity index (χ1) is 11.0. The molecular formula is C16H26N6O. The summed E-state index contributed by atoms with van der Waals surface area (Å²) in [6.45, 7) is 6.48. The van der Waals surface area contributed by atoms with Crippen LogP contribution in [0, 0.1) is 13.8 Å². The maximum absolute atomic E-state index is 12.3. The van der Waals surface area contributed by atoms with Crippen molar-refractivity contribution in [2.75, 3.05) is 6.54 Å². The van der Waals surface area contributed by atoms with Crippen LogP contribution >= 0.6 is 0 Å². The highest BCUT2D eigenvalue weighted by atomic mass is 16.2. The Morgan fingerprint density at radius 1 is 1.48 bits per heavy atom. The number of nitrogens with one attached hydrogen (secondary N) is 2. The first-order valence-corrected chi connectivity index (χ1v) is 8.04. The van der Waals surface area contributed by atoms with Gasteiger partial charge in [-0.05, 0) is 26.3 Å². The Morgan fingerprint density at radius 3 is 2.78 bits per heavy atom. The molecule has 0 aromatic carbocycles. The number of aryl methyl sites for hydroxylation is 2. The highest BCUT2D eigenvalue weighted by molar-refractivity contribution is 5.93. The average molecular weight is 318 g/mol. The molecule has 0 aliphatic carbocycles. The van der Waals surface area contributed by atoms with Crippen LogP contribution in [0.5, 0.6) is 0 Å². The van der Waals surface area contributed by atoms with Gasteiger partial charge in [-0.25, -0.2) is 0 Å². The van der Waals surface area contributed by atoms with E-state index in [1.165, 1.54) is 0 Å². The molecule has 7 nitrogen and oxygen atoms in total. The van der Waals surface area contributed by atoms with Crippen molar-refractivity contribution < 1.29 is 4.79 Å². The molecule has 126 valence electrons. The number of nitrogens with zero attached hydrogens (tertiary/aromatic N) is 3. The van der Waals surface area contributed by atoms with Gasteiger partial charge in [0, 0.05) is 30.9 Å². The van der Waals surface area contributed by atoms with Crippen LogP contribution in [-0.4, -0.2) is 38.5 Å². The Morgan fingerprint density at radius 2 is 2.22 bits per heavy atom. The van der Waals surface area contributed by atoms with Crippen LogP contribution < -0.4 is 11.1 Å². The van der Waals surface area contributed by atoms with Crippen LogP contribution in [0.25, 0.3) is 11.3 Å². The summed E-state index contributed by atoms with van der Waals surface area (Å²) in [4.78, 5) is 12.3. The summed E-state index contributed by atoms with van der Waals surface area (Å²) in [6, 6.07) is 1.76. The van der Waals surface area contributed by atoms with Gasteiger partial charge in [0.15, 0.2) is 0 Å². The Kier molecular flexibility index (Phi) is 5.54. The molecule has 2 heterocycles. The number of nitrogens with two attached hydrogens (primary N) is 1. The molecular weight excluding hydrogens is 292 g/mol. The number of aromatic nitrogens is 4. The predicted molar refractivity (Wildman–Crippen MR) is 90.1 cm³/mol. The third-order valence-corrected chi connectivity index (χ3v) is 4.11. The van der Waals surface area contributed by atoms with Gasteiger partial charge in [-0.15, -0.1) is 0 Å². The highest BCUT2D eigenvalue weighted by Gasteiger charge is 2.18. The van der Waals surface area contributed by atoms with E-state index in [0.29, 0.717) is 12.2 Å². The topological polar surface area (TPSA) is 102 Å². The molecule has 0 spiro atoms. The van der Waals surface area contributed by atoms with E-state index in [1.807, 2.05) is 25.6 Å². The molecule has 0 saturated heterocycles. The SMILES string of the molecule is CCCCC(CN)NC(=O)c1cc(-c2c(C)nn(C)c2C)n[nH]1. The number of H-pyrrole nitrogens is 1. The molecule has 0 bridgehead atoms. The number of unbranched alkanes of at least 4 members (excludes halogenated alkanes) is 1.